The second-order valence-electron chi connectivity index (χ2n) is 7.11. The molecule has 2 amide bonds. The molecule has 0 spiro atoms. The minimum absolute atomic E-state index is 0.126. The molecule has 2 aromatic heterocycles. The molecule has 0 aliphatic heterocycles. The van der Waals surface area contributed by atoms with E-state index in [9.17, 15) is 9.59 Å². The summed E-state index contributed by atoms with van der Waals surface area (Å²) in [5.74, 6) is 1.31. The van der Waals surface area contributed by atoms with Crippen LogP contribution in [-0.4, -0.2) is 32.3 Å². The van der Waals surface area contributed by atoms with E-state index in [0.717, 1.165) is 17.0 Å². The Hall–Kier alpha value is -3.07. The van der Waals surface area contributed by atoms with Crippen molar-refractivity contribution >= 4 is 29.3 Å². The smallest absolute Gasteiger partial charge is 0.234 e. The number of para-hydroxylation sites is 1. The van der Waals surface area contributed by atoms with Gasteiger partial charge in [-0.1, -0.05) is 43.8 Å². The molecular weight excluding hydrogens is 402 g/mol. The maximum absolute atomic E-state index is 12.5. The Labute approximate surface area is 179 Å². The van der Waals surface area contributed by atoms with Gasteiger partial charge in [-0.05, 0) is 29.7 Å². The monoisotopic (exact) mass is 427 g/mol. The van der Waals surface area contributed by atoms with Gasteiger partial charge in [0, 0.05) is 18.5 Å². The van der Waals surface area contributed by atoms with Gasteiger partial charge >= 0.3 is 0 Å². The van der Waals surface area contributed by atoms with E-state index in [2.05, 4.69) is 29.4 Å². The highest BCUT2D eigenvalue weighted by Crippen LogP contribution is 2.25. The van der Waals surface area contributed by atoms with Gasteiger partial charge in [-0.25, -0.2) is 0 Å². The lowest BCUT2D eigenvalue weighted by Crippen LogP contribution is -2.16. The Morgan fingerprint density at radius 1 is 1.20 bits per heavy atom. The summed E-state index contributed by atoms with van der Waals surface area (Å²) in [6.45, 7) is 4.59. The number of anilines is 1. The number of aromatic nitrogens is 3. The fourth-order valence-corrected chi connectivity index (χ4v) is 3.75. The summed E-state index contributed by atoms with van der Waals surface area (Å²) in [4.78, 5) is 23.7. The Bertz CT molecular complexity index is 998. The molecular formula is C21H25N5O3S. The summed E-state index contributed by atoms with van der Waals surface area (Å²) in [7, 11) is 0. The third-order valence-corrected chi connectivity index (χ3v) is 5.44. The second kappa shape index (κ2) is 10.1. The number of nitrogens with zero attached hydrogens (tertiary/aromatic N) is 3. The van der Waals surface area contributed by atoms with Crippen LogP contribution in [-0.2, 0) is 22.6 Å². The fourth-order valence-electron chi connectivity index (χ4n) is 2.99. The molecule has 3 N–H and O–H groups in total. The number of primary amides is 1. The van der Waals surface area contributed by atoms with Crippen LogP contribution in [0.15, 0.2) is 52.2 Å². The van der Waals surface area contributed by atoms with Crippen LogP contribution < -0.4 is 11.1 Å². The van der Waals surface area contributed by atoms with Crippen LogP contribution in [0.2, 0.25) is 0 Å². The molecule has 0 fully saturated rings. The SMILES string of the molecule is CC(C)c1ccccc1NC(=O)CSc1nnc(CCC(N)=O)n1Cc1ccco1. The van der Waals surface area contributed by atoms with Crippen LogP contribution in [0.25, 0.3) is 0 Å². The lowest BCUT2D eigenvalue weighted by Gasteiger charge is -2.13. The number of amides is 2. The highest BCUT2D eigenvalue weighted by molar-refractivity contribution is 7.99. The molecule has 0 unspecified atom stereocenters. The third kappa shape index (κ3) is 5.73. The van der Waals surface area contributed by atoms with E-state index in [1.807, 2.05) is 34.9 Å². The van der Waals surface area contributed by atoms with E-state index in [1.54, 1.807) is 12.3 Å². The molecule has 0 bridgehead atoms. The van der Waals surface area contributed by atoms with Gasteiger partial charge in [-0.15, -0.1) is 10.2 Å². The normalized spacial score (nSPS) is 11.0. The molecule has 0 radical (unpaired) electrons. The van der Waals surface area contributed by atoms with Gasteiger partial charge in [0.15, 0.2) is 5.16 Å². The first kappa shape index (κ1) is 21.6. The van der Waals surface area contributed by atoms with Gasteiger partial charge in [0.1, 0.15) is 11.6 Å². The molecule has 9 heteroatoms. The molecule has 0 aliphatic rings. The van der Waals surface area contributed by atoms with Gasteiger partial charge < -0.3 is 15.5 Å². The number of carbonyl (C=O) groups is 2. The molecule has 30 heavy (non-hydrogen) atoms. The second-order valence-corrected chi connectivity index (χ2v) is 8.05. The highest BCUT2D eigenvalue weighted by Gasteiger charge is 2.17. The molecule has 0 saturated carbocycles. The fraction of sp³-hybridized carbons (Fsp3) is 0.333. The molecule has 0 aliphatic carbocycles. The number of hydrogen-bond acceptors (Lipinski definition) is 6. The summed E-state index contributed by atoms with van der Waals surface area (Å²) in [6, 6.07) is 11.4. The van der Waals surface area contributed by atoms with Crippen LogP contribution in [0.4, 0.5) is 5.69 Å². The van der Waals surface area contributed by atoms with E-state index < -0.39 is 5.91 Å². The van der Waals surface area contributed by atoms with Gasteiger partial charge in [0.2, 0.25) is 11.8 Å². The number of benzene rings is 1. The lowest BCUT2D eigenvalue weighted by atomic mass is 10.0. The van der Waals surface area contributed by atoms with Crippen molar-refractivity contribution < 1.29 is 14.0 Å². The maximum atomic E-state index is 12.5. The predicted molar refractivity (Wildman–Crippen MR) is 115 cm³/mol. The van der Waals surface area contributed by atoms with Gasteiger partial charge in [0.05, 0.1) is 18.6 Å². The molecule has 8 nitrogen and oxygen atoms in total. The Morgan fingerprint density at radius 3 is 2.70 bits per heavy atom. The average molecular weight is 428 g/mol. The highest BCUT2D eigenvalue weighted by atomic mass is 32.2. The standard InChI is InChI=1S/C21H25N5O3S/c1-14(2)16-7-3-4-8-17(16)23-20(28)13-30-21-25-24-19(10-9-18(22)27)26(21)12-15-6-5-11-29-15/h3-8,11,14H,9-10,12-13H2,1-2H3,(H2,22,27)(H,23,28). The molecule has 3 aromatic rings. The Balaban J connectivity index is 1.69. The summed E-state index contributed by atoms with van der Waals surface area (Å²) in [6.07, 6.45) is 2.14. The number of carbonyl (C=O) groups excluding carboxylic acids is 2. The number of aryl methyl sites for hydroxylation is 1. The topological polar surface area (TPSA) is 116 Å². The Kier molecular flexibility index (Phi) is 7.29. The Morgan fingerprint density at radius 2 is 2.00 bits per heavy atom. The quantitative estimate of drug-likeness (QED) is 0.480. The number of furan rings is 1. The van der Waals surface area contributed by atoms with Crippen molar-refractivity contribution in [3.63, 3.8) is 0 Å². The van der Waals surface area contributed by atoms with Gasteiger partial charge in [0.25, 0.3) is 0 Å². The van der Waals surface area contributed by atoms with Crippen molar-refractivity contribution in [2.24, 2.45) is 5.73 Å². The van der Waals surface area contributed by atoms with Crippen molar-refractivity contribution in [1.29, 1.82) is 0 Å². The van der Waals surface area contributed by atoms with Gasteiger partial charge in [-0.3, -0.25) is 14.2 Å². The van der Waals surface area contributed by atoms with Crippen molar-refractivity contribution in [1.82, 2.24) is 14.8 Å². The van der Waals surface area contributed by atoms with Crippen LogP contribution in [0, 0.1) is 0 Å². The van der Waals surface area contributed by atoms with Crippen LogP contribution in [0.1, 0.15) is 43.3 Å². The number of nitrogens with one attached hydrogen (secondary N) is 1. The van der Waals surface area contributed by atoms with E-state index in [4.69, 9.17) is 10.2 Å². The molecule has 158 valence electrons. The number of hydrogen-bond donors (Lipinski definition) is 2. The molecule has 0 saturated heterocycles. The zero-order chi connectivity index (χ0) is 21.5. The molecule has 3 rings (SSSR count). The number of thioether (sulfide) groups is 1. The van der Waals surface area contributed by atoms with E-state index in [-0.39, 0.29) is 18.1 Å². The van der Waals surface area contributed by atoms with Crippen molar-refractivity contribution in [2.75, 3.05) is 11.1 Å². The van der Waals surface area contributed by atoms with E-state index >= 15 is 0 Å². The van der Waals surface area contributed by atoms with E-state index in [1.165, 1.54) is 11.8 Å². The average Bonchev–Trinajstić information content (AvgIpc) is 3.35. The first-order chi connectivity index (χ1) is 14.4. The largest absolute Gasteiger partial charge is 0.467 e. The molecule has 1 aromatic carbocycles. The minimum Gasteiger partial charge on any atom is -0.467 e. The minimum atomic E-state index is -0.403. The zero-order valence-corrected chi connectivity index (χ0v) is 17.8. The van der Waals surface area contributed by atoms with Crippen LogP contribution in [0.5, 0.6) is 0 Å². The molecule has 2 heterocycles. The van der Waals surface area contributed by atoms with Crippen molar-refractivity contribution in [2.45, 2.75) is 44.3 Å². The van der Waals surface area contributed by atoms with Crippen molar-refractivity contribution in [3.8, 4) is 0 Å². The predicted octanol–water partition coefficient (Wildman–Crippen LogP) is 3.19. The zero-order valence-electron chi connectivity index (χ0n) is 17.0. The summed E-state index contributed by atoms with van der Waals surface area (Å²) < 4.78 is 7.27. The van der Waals surface area contributed by atoms with Crippen LogP contribution >= 0.6 is 11.8 Å². The lowest BCUT2D eigenvalue weighted by molar-refractivity contribution is -0.118. The third-order valence-electron chi connectivity index (χ3n) is 4.47. The summed E-state index contributed by atoms with van der Waals surface area (Å²) in [5, 5.41) is 11.9. The first-order valence-corrected chi connectivity index (χ1v) is 10.7. The number of rotatable bonds is 10. The van der Waals surface area contributed by atoms with Crippen molar-refractivity contribution in [3.05, 3.63) is 59.8 Å². The van der Waals surface area contributed by atoms with Crippen LogP contribution in [0.3, 0.4) is 0 Å². The van der Waals surface area contributed by atoms with Gasteiger partial charge in [-0.2, -0.15) is 0 Å². The van der Waals surface area contributed by atoms with E-state index in [0.29, 0.717) is 29.9 Å². The summed E-state index contributed by atoms with van der Waals surface area (Å²) >= 11 is 1.29. The number of nitrogens with two attached hydrogens (primary N) is 1. The maximum Gasteiger partial charge on any atom is 0.234 e. The first-order valence-electron chi connectivity index (χ1n) is 9.68. The molecule has 0 atom stereocenters. The summed E-state index contributed by atoms with van der Waals surface area (Å²) in [5.41, 5.74) is 7.17.